The number of nitrogens with one attached hydrogen (secondary N) is 1. The van der Waals surface area contributed by atoms with E-state index in [0.717, 1.165) is 10.0 Å². The lowest BCUT2D eigenvalue weighted by molar-refractivity contribution is 0.102. The highest BCUT2D eigenvalue weighted by molar-refractivity contribution is 9.10. The van der Waals surface area contributed by atoms with Gasteiger partial charge in [-0.2, -0.15) is 10.2 Å². The summed E-state index contributed by atoms with van der Waals surface area (Å²) in [5.41, 5.74) is 8.45. The molecule has 2 aromatic rings. The van der Waals surface area contributed by atoms with E-state index in [1.165, 1.54) is 12.4 Å². The second-order valence-electron chi connectivity index (χ2n) is 3.77. The lowest BCUT2D eigenvalue weighted by Gasteiger charge is -2.09. The van der Waals surface area contributed by atoms with E-state index in [0.29, 0.717) is 16.9 Å². The fourth-order valence-corrected chi connectivity index (χ4v) is 1.96. The van der Waals surface area contributed by atoms with Crippen molar-refractivity contribution in [3.8, 4) is 0 Å². The molecule has 0 aliphatic rings. The Morgan fingerprint density at radius 2 is 2.17 bits per heavy atom. The first-order valence-corrected chi connectivity index (χ1v) is 6.01. The number of halogens is 1. The van der Waals surface area contributed by atoms with Crippen LogP contribution in [-0.4, -0.2) is 16.1 Å². The van der Waals surface area contributed by atoms with Crippen molar-refractivity contribution in [3.05, 3.63) is 46.2 Å². The number of nitrogens with zero attached hydrogens (tertiary/aromatic N) is 2. The normalized spacial score (nSPS) is 10.1. The van der Waals surface area contributed by atoms with Crippen LogP contribution in [0.15, 0.2) is 35.1 Å². The molecule has 0 radical (unpaired) electrons. The van der Waals surface area contributed by atoms with Crippen molar-refractivity contribution in [2.45, 2.75) is 6.92 Å². The number of aryl methyl sites for hydroxylation is 1. The molecular formula is C12H11BrN4O. The molecule has 6 heteroatoms. The highest BCUT2D eigenvalue weighted by Gasteiger charge is 2.09. The van der Waals surface area contributed by atoms with Crippen LogP contribution in [0.2, 0.25) is 0 Å². The summed E-state index contributed by atoms with van der Waals surface area (Å²) in [6.07, 6.45) is 2.87. The van der Waals surface area contributed by atoms with E-state index >= 15 is 0 Å². The number of amides is 1. The van der Waals surface area contributed by atoms with Crippen LogP contribution in [0.25, 0.3) is 0 Å². The number of benzene rings is 1. The molecule has 18 heavy (non-hydrogen) atoms. The Hall–Kier alpha value is -1.95. The number of nitrogens with two attached hydrogens (primary N) is 1. The standard InChI is InChI=1S/C12H11BrN4O/c1-7-4-9(13)11(5-10(7)14)17-12(18)8-2-3-15-16-6-8/h2-6H,14H2,1H3,(H,17,18). The molecule has 1 aromatic heterocycles. The third kappa shape index (κ3) is 2.65. The van der Waals surface area contributed by atoms with Gasteiger partial charge in [0.2, 0.25) is 0 Å². The molecule has 0 saturated heterocycles. The van der Waals surface area contributed by atoms with Crippen LogP contribution < -0.4 is 11.1 Å². The monoisotopic (exact) mass is 306 g/mol. The predicted octanol–water partition coefficient (Wildman–Crippen LogP) is 2.38. The third-order valence-electron chi connectivity index (χ3n) is 2.45. The van der Waals surface area contributed by atoms with E-state index in [4.69, 9.17) is 5.73 Å². The summed E-state index contributed by atoms with van der Waals surface area (Å²) in [5.74, 6) is -0.256. The van der Waals surface area contributed by atoms with Crippen LogP contribution in [0.5, 0.6) is 0 Å². The number of nitrogen functional groups attached to an aromatic ring is 1. The van der Waals surface area contributed by atoms with Gasteiger partial charge < -0.3 is 11.1 Å². The van der Waals surface area contributed by atoms with Gasteiger partial charge >= 0.3 is 0 Å². The summed E-state index contributed by atoms with van der Waals surface area (Å²) in [7, 11) is 0. The molecule has 2 rings (SSSR count). The van der Waals surface area contributed by atoms with Gasteiger partial charge in [0.05, 0.1) is 23.6 Å². The maximum atomic E-state index is 11.9. The summed E-state index contributed by atoms with van der Waals surface area (Å²) in [6, 6.07) is 5.16. The lowest BCUT2D eigenvalue weighted by Crippen LogP contribution is -2.13. The molecule has 3 N–H and O–H groups in total. The SMILES string of the molecule is Cc1cc(Br)c(NC(=O)c2ccnnc2)cc1N. The maximum absolute atomic E-state index is 11.9. The Labute approximate surface area is 113 Å². The number of hydrogen-bond acceptors (Lipinski definition) is 4. The average Bonchev–Trinajstić information content (AvgIpc) is 2.37. The van der Waals surface area contributed by atoms with Gasteiger partial charge in [0.25, 0.3) is 5.91 Å². The number of carbonyl (C=O) groups is 1. The first kappa shape index (κ1) is 12.5. The Kier molecular flexibility index (Phi) is 3.57. The second kappa shape index (κ2) is 5.14. The molecule has 1 heterocycles. The van der Waals surface area contributed by atoms with Gasteiger partial charge in [0.15, 0.2) is 0 Å². The fourth-order valence-electron chi connectivity index (χ4n) is 1.40. The highest BCUT2D eigenvalue weighted by Crippen LogP contribution is 2.28. The Morgan fingerprint density at radius 3 is 2.83 bits per heavy atom. The summed E-state index contributed by atoms with van der Waals surface area (Å²) < 4.78 is 0.782. The Bertz CT molecular complexity index is 586. The largest absolute Gasteiger partial charge is 0.398 e. The van der Waals surface area contributed by atoms with Crippen molar-refractivity contribution in [1.29, 1.82) is 0 Å². The minimum Gasteiger partial charge on any atom is -0.398 e. The van der Waals surface area contributed by atoms with E-state index < -0.39 is 0 Å². The van der Waals surface area contributed by atoms with E-state index in [9.17, 15) is 4.79 Å². The predicted molar refractivity (Wildman–Crippen MR) is 73.3 cm³/mol. The van der Waals surface area contributed by atoms with Crippen LogP contribution in [-0.2, 0) is 0 Å². The molecule has 0 atom stereocenters. The van der Waals surface area contributed by atoms with Gasteiger partial charge in [-0.3, -0.25) is 4.79 Å². The van der Waals surface area contributed by atoms with Crippen LogP contribution >= 0.6 is 15.9 Å². The first-order chi connectivity index (χ1) is 8.58. The fraction of sp³-hybridized carbons (Fsp3) is 0.0833. The average molecular weight is 307 g/mol. The van der Waals surface area contributed by atoms with Gasteiger partial charge in [0, 0.05) is 10.2 Å². The minimum absolute atomic E-state index is 0.256. The Balaban J connectivity index is 2.25. The maximum Gasteiger partial charge on any atom is 0.257 e. The first-order valence-electron chi connectivity index (χ1n) is 5.21. The van der Waals surface area contributed by atoms with Gasteiger partial charge in [-0.15, -0.1) is 0 Å². The molecule has 92 valence electrons. The van der Waals surface area contributed by atoms with E-state index in [1.54, 1.807) is 12.1 Å². The lowest BCUT2D eigenvalue weighted by atomic mass is 10.2. The van der Waals surface area contributed by atoms with Crippen molar-refractivity contribution in [1.82, 2.24) is 10.2 Å². The molecule has 0 aliphatic carbocycles. The van der Waals surface area contributed by atoms with Crippen LogP contribution in [0.1, 0.15) is 15.9 Å². The van der Waals surface area contributed by atoms with Crippen molar-refractivity contribution in [2.24, 2.45) is 0 Å². The summed E-state index contributed by atoms with van der Waals surface area (Å²) >= 11 is 3.38. The van der Waals surface area contributed by atoms with E-state index in [2.05, 4.69) is 31.4 Å². The molecule has 5 nitrogen and oxygen atoms in total. The van der Waals surface area contributed by atoms with Gasteiger partial charge in [-0.05, 0) is 46.6 Å². The Morgan fingerprint density at radius 1 is 1.39 bits per heavy atom. The minimum atomic E-state index is -0.256. The number of anilines is 2. The van der Waals surface area contributed by atoms with Crippen molar-refractivity contribution in [3.63, 3.8) is 0 Å². The zero-order valence-corrected chi connectivity index (χ0v) is 11.2. The number of aromatic nitrogens is 2. The molecule has 0 fully saturated rings. The summed E-state index contributed by atoms with van der Waals surface area (Å²) in [6.45, 7) is 1.90. The molecule has 0 saturated carbocycles. The smallest absolute Gasteiger partial charge is 0.257 e. The van der Waals surface area contributed by atoms with Crippen LogP contribution in [0.3, 0.4) is 0 Å². The number of hydrogen-bond donors (Lipinski definition) is 2. The van der Waals surface area contributed by atoms with Gasteiger partial charge in [0.1, 0.15) is 0 Å². The van der Waals surface area contributed by atoms with Crippen molar-refractivity contribution in [2.75, 3.05) is 11.1 Å². The van der Waals surface area contributed by atoms with E-state index in [1.807, 2.05) is 13.0 Å². The third-order valence-corrected chi connectivity index (χ3v) is 3.11. The zero-order valence-electron chi connectivity index (χ0n) is 9.64. The molecule has 0 aliphatic heterocycles. The molecule has 1 amide bonds. The molecule has 0 bridgehead atoms. The van der Waals surface area contributed by atoms with Crippen molar-refractivity contribution >= 4 is 33.2 Å². The number of rotatable bonds is 2. The van der Waals surface area contributed by atoms with Crippen LogP contribution in [0, 0.1) is 6.92 Å². The summed E-state index contributed by atoms with van der Waals surface area (Å²) in [5, 5.41) is 10.0. The zero-order chi connectivity index (χ0) is 13.1. The quantitative estimate of drug-likeness (QED) is 0.835. The molecule has 0 spiro atoms. The van der Waals surface area contributed by atoms with E-state index in [-0.39, 0.29) is 5.91 Å². The summed E-state index contributed by atoms with van der Waals surface area (Å²) in [4.78, 5) is 11.9. The molecule has 0 unspecified atom stereocenters. The number of carbonyl (C=O) groups excluding carboxylic acids is 1. The molecular weight excluding hydrogens is 296 g/mol. The van der Waals surface area contributed by atoms with Crippen molar-refractivity contribution < 1.29 is 4.79 Å². The topological polar surface area (TPSA) is 80.9 Å². The van der Waals surface area contributed by atoms with Gasteiger partial charge in [-0.25, -0.2) is 0 Å². The highest BCUT2D eigenvalue weighted by atomic mass is 79.9. The van der Waals surface area contributed by atoms with Gasteiger partial charge in [-0.1, -0.05) is 0 Å². The second-order valence-corrected chi connectivity index (χ2v) is 4.63. The molecule has 1 aromatic carbocycles. The van der Waals surface area contributed by atoms with Crippen LogP contribution in [0.4, 0.5) is 11.4 Å².